The first kappa shape index (κ1) is 17.7. The third-order valence-electron chi connectivity index (χ3n) is 5.67. The Morgan fingerprint density at radius 2 is 1.80 bits per heavy atom. The van der Waals surface area contributed by atoms with Crippen LogP contribution in [-0.4, -0.2) is 44.4 Å². The maximum Gasteiger partial charge on any atom is 0.227 e. The molecule has 0 saturated carbocycles. The lowest BCUT2D eigenvalue weighted by atomic mass is 9.79. The van der Waals surface area contributed by atoms with Gasteiger partial charge in [-0.05, 0) is 32.9 Å². The van der Waals surface area contributed by atoms with Crippen molar-refractivity contribution in [1.82, 2.24) is 14.7 Å². The molecule has 0 spiro atoms. The third kappa shape index (κ3) is 3.09. The maximum atomic E-state index is 12.8. The van der Waals surface area contributed by atoms with Crippen LogP contribution in [0.1, 0.15) is 37.7 Å². The monoisotopic (exact) mass is 341 g/mol. The first-order chi connectivity index (χ1) is 11.6. The summed E-state index contributed by atoms with van der Waals surface area (Å²) in [5, 5.41) is 15.2. The van der Waals surface area contributed by atoms with Gasteiger partial charge in [0.25, 0.3) is 0 Å². The van der Waals surface area contributed by atoms with E-state index in [0.717, 1.165) is 22.6 Å². The zero-order valence-corrected chi connectivity index (χ0v) is 15.7. The van der Waals surface area contributed by atoms with Gasteiger partial charge in [0.2, 0.25) is 5.91 Å². The quantitative estimate of drug-likeness (QED) is 0.934. The number of amides is 1. The second kappa shape index (κ2) is 5.99. The summed E-state index contributed by atoms with van der Waals surface area (Å²) in [5.41, 5.74) is 2.66. The molecule has 1 aromatic carbocycles. The zero-order chi connectivity index (χ0) is 18.4. The number of hydrogen-bond donors (Lipinski definition) is 1. The molecule has 1 saturated heterocycles. The Labute approximate surface area is 149 Å². The molecule has 0 bridgehead atoms. The summed E-state index contributed by atoms with van der Waals surface area (Å²) in [5.74, 6) is 0.0460. The highest BCUT2D eigenvalue weighted by Gasteiger charge is 2.49. The molecule has 1 fully saturated rings. The summed E-state index contributed by atoms with van der Waals surface area (Å²) in [6.45, 7) is 10.7. The standard InChI is InChI=1S/C20H27N3O2/c1-14-17(15(2)23(21-14)16-9-7-6-8-10-16)11-18(24)22-12-19(3,4)20(5,25)13-22/h6-10,25H,11-13H2,1-5H3/t20-/m1/s1. The minimum absolute atomic E-state index is 0.0460. The minimum atomic E-state index is -0.860. The van der Waals surface area contributed by atoms with Gasteiger partial charge < -0.3 is 10.0 Å². The number of benzene rings is 1. The summed E-state index contributed by atoms with van der Waals surface area (Å²) < 4.78 is 1.89. The molecule has 2 aromatic rings. The van der Waals surface area contributed by atoms with Crippen LogP contribution in [0.25, 0.3) is 5.69 Å². The van der Waals surface area contributed by atoms with Crippen LogP contribution in [-0.2, 0) is 11.2 Å². The Morgan fingerprint density at radius 3 is 2.36 bits per heavy atom. The smallest absolute Gasteiger partial charge is 0.227 e. The molecule has 1 aliphatic rings. The van der Waals surface area contributed by atoms with Crippen molar-refractivity contribution < 1.29 is 9.90 Å². The normalized spacial score (nSPS) is 22.4. The topological polar surface area (TPSA) is 58.4 Å². The van der Waals surface area contributed by atoms with Gasteiger partial charge in [0, 0.05) is 29.8 Å². The molecule has 134 valence electrons. The molecule has 5 nitrogen and oxygen atoms in total. The van der Waals surface area contributed by atoms with E-state index < -0.39 is 5.60 Å². The van der Waals surface area contributed by atoms with E-state index in [1.807, 2.05) is 69.6 Å². The molecule has 25 heavy (non-hydrogen) atoms. The second-order valence-corrected chi connectivity index (χ2v) is 7.98. The van der Waals surface area contributed by atoms with E-state index in [9.17, 15) is 9.90 Å². The molecule has 5 heteroatoms. The van der Waals surface area contributed by atoms with Crippen molar-refractivity contribution in [3.05, 3.63) is 47.3 Å². The van der Waals surface area contributed by atoms with Crippen molar-refractivity contribution >= 4 is 5.91 Å². The van der Waals surface area contributed by atoms with Gasteiger partial charge in [0.05, 0.1) is 23.4 Å². The first-order valence-corrected chi connectivity index (χ1v) is 8.73. The molecule has 2 heterocycles. The van der Waals surface area contributed by atoms with E-state index in [-0.39, 0.29) is 11.3 Å². The Bertz CT molecular complexity index is 775. The molecule has 0 radical (unpaired) electrons. The summed E-state index contributed by atoms with van der Waals surface area (Å²) in [6, 6.07) is 9.94. The molecule has 1 N–H and O–H groups in total. The molecule has 1 amide bonds. The zero-order valence-electron chi connectivity index (χ0n) is 15.7. The molecule has 1 aromatic heterocycles. The van der Waals surface area contributed by atoms with Crippen LogP contribution < -0.4 is 0 Å². The summed E-state index contributed by atoms with van der Waals surface area (Å²) in [6.07, 6.45) is 0.316. The van der Waals surface area contributed by atoms with Crippen molar-refractivity contribution in [3.63, 3.8) is 0 Å². The lowest BCUT2D eigenvalue weighted by molar-refractivity contribution is -0.130. The van der Waals surface area contributed by atoms with Crippen LogP contribution in [0.2, 0.25) is 0 Å². The van der Waals surface area contributed by atoms with Crippen molar-refractivity contribution in [2.45, 2.75) is 46.6 Å². The highest BCUT2D eigenvalue weighted by Crippen LogP contribution is 2.38. The number of aliphatic hydroxyl groups is 1. The maximum absolute atomic E-state index is 12.8. The Hall–Kier alpha value is -2.14. The fourth-order valence-electron chi connectivity index (χ4n) is 3.48. The number of aromatic nitrogens is 2. The Kier molecular flexibility index (Phi) is 4.23. The van der Waals surface area contributed by atoms with Gasteiger partial charge in [0.15, 0.2) is 0 Å². The van der Waals surface area contributed by atoms with E-state index in [1.165, 1.54) is 0 Å². The Morgan fingerprint density at radius 1 is 1.16 bits per heavy atom. The molecule has 0 aliphatic carbocycles. The molecular weight excluding hydrogens is 314 g/mol. The number of β-amino-alcohol motifs (C(OH)–C–C–N with tert-alkyl or cyclic N) is 1. The fourth-order valence-corrected chi connectivity index (χ4v) is 3.48. The van der Waals surface area contributed by atoms with E-state index in [0.29, 0.717) is 19.5 Å². The largest absolute Gasteiger partial charge is 0.388 e. The van der Waals surface area contributed by atoms with E-state index in [2.05, 4.69) is 5.10 Å². The summed E-state index contributed by atoms with van der Waals surface area (Å²) in [7, 11) is 0. The van der Waals surface area contributed by atoms with Gasteiger partial charge in [-0.1, -0.05) is 32.0 Å². The van der Waals surface area contributed by atoms with Crippen LogP contribution >= 0.6 is 0 Å². The number of nitrogens with zero attached hydrogens (tertiary/aromatic N) is 3. The average Bonchev–Trinajstić information content (AvgIpc) is 2.94. The first-order valence-electron chi connectivity index (χ1n) is 8.73. The van der Waals surface area contributed by atoms with Gasteiger partial charge in [-0.15, -0.1) is 0 Å². The van der Waals surface area contributed by atoms with E-state index in [1.54, 1.807) is 4.90 Å². The Balaban J connectivity index is 1.83. The molecular formula is C20H27N3O2. The summed E-state index contributed by atoms with van der Waals surface area (Å²) in [4.78, 5) is 14.6. The molecule has 1 aliphatic heterocycles. The molecule has 3 rings (SSSR count). The van der Waals surface area contributed by atoms with Crippen molar-refractivity contribution in [1.29, 1.82) is 0 Å². The van der Waals surface area contributed by atoms with Crippen LogP contribution in [0.5, 0.6) is 0 Å². The SMILES string of the molecule is Cc1nn(-c2ccccc2)c(C)c1CC(=O)N1CC(C)(C)[C@](C)(O)C1. The van der Waals surface area contributed by atoms with Crippen molar-refractivity contribution in [3.8, 4) is 5.69 Å². The fraction of sp³-hybridized carbons (Fsp3) is 0.500. The predicted molar refractivity (Wildman–Crippen MR) is 97.7 cm³/mol. The van der Waals surface area contributed by atoms with Gasteiger partial charge in [-0.3, -0.25) is 4.79 Å². The van der Waals surface area contributed by atoms with Crippen LogP contribution in [0.15, 0.2) is 30.3 Å². The molecule has 1 atom stereocenters. The highest BCUT2D eigenvalue weighted by molar-refractivity contribution is 5.80. The van der Waals surface area contributed by atoms with Crippen LogP contribution in [0, 0.1) is 19.3 Å². The predicted octanol–water partition coefficient (Wildman–Crippen LogP) is 2.65. The second-order valence-electron chi connectivity index (χ2n) is 7.98. The van der Waals surface area contributed by atoms with Gasteiger partial charge in [0.1, 0.15) is 0 Å². The lowest BCUT2D eigenvalue weighted by Gasteiger charge is -2.30. The van der Waals surface area contributed by atoms with Crippen LogP contribution in [0.3, 0.4) is 0 Å². The van der Waals surface area contributed by atoms with E-state index in [4.69, 9.17) is 0 Å². The number of hydrogen-bond acceptors (Lipinski definition) is 3. The highest BCUT2D eigenvalue weighted by atomic mass is 16.3. The summed E-state index contributed by atoms with van der Waals surface area (Å²) >= 11 is 0. The van der Waals surface area contributed by atoms with Crippen LogP contribution in [0.4, 0.5) is 0 Å². The van der Waals surface area contributed by atoms with Crippen molar-refractivity contribution in [2.24, 2.45) is 5.41 Å². The van der Waals surface area contributed by atoms with Crippen molar-refractivity contribution in [2.75, 3.05) is 13.1 Å². The number of para-hydroxylation sites is 1. The lowest BCUT2D eigenvalue weighted by Crippen LogP contribution is -2.40. The number of carbonyl (C=O) groups is 1. The number of aryl methyl sites for hydroxylation is 1. The van der Waals surface area contributed by atoms with E-state index >= 15 is 0 Å². The molecule has 0 unspecified atom stereocenters. The number of likely N-dealkylation sites (tertiary alicyclic amines) is 1. The third-order valence-corrected chi connectivity index (χ3v) is 5.67. The minimum Gasteiger partial charge on any atom is -0.388 e. The number of rotatable bonds is 3. The average molecular weight is 341 g/mol. The van der Waals surface area contributed by atoms with Gasteiger partial charge in [-0.25, -0.2) is 4.68 Å². The van der Waals surface area contributed by atoms with Gasteiger partial charge in [-0.2, -0.15) is 5.10 Å². The van der Waals surface area contributed by atoms with Gasteiger partial charge >= 0.3 is 0 Å². The number of carbonyl (C=O) groups excluding carboxylic acids is 1.